The van der Waals surface area contributed by atoms with E-state index in [4.69, 9.17) is 24.9 Å². The van der Waals surface area contributed by atoms with Crippen LogP contribution in [0.5, 0.6) is 0 Å². The molecule has 0 saturated heterocycles. The predicted octanol–water partition coefficient (Wildman–Crippen LogP) is 9.30. The molecule has 44 heavy (non-hydrogen) atoms. The molecule has 206 valence electrons. The lowest BCUT2D eigenvalue weighted by molar-refractivity contribution is 1.07. The maximum atomic E-state index is 5.02. The standard InChI is InChI=1S/C39H25N5/c1-3-13-28(14-4-1)37-42-38(29-15-5-2-6-16-29)44-39(43-37)32-24-30(35-21-19-26-11-7-9-17-33(26)40-35)23-31(25-32)36-22-20-27-12-8-10-18-34(27)41-36/h1-25H. The lowest BCUT2D eigenvalue weighted by Gasteiger charge is -2.12. The van der Waals surface area contributed by atoms with Gasteiger partial charge in [-0.2, -0.15) is 0 Å². The van der Waals surface area contributed by atoms with E-state index in [1.54, 1.807) is 0 Å². The highest BCUT2D eigenvalue weighted by molar-refractivity contribution is 5.86. The summed E-state index contributed by atoms with van der Waals surface area (Å²) in [4.78, 5) is 24.9. The lowest BCUT2D eigenvalue weighted by Crippen LogP contribution is -2.00. The fraction of sp³-hybridized carbons (Fsp3) is 0. The molecule has 3 aromatic heterocycles. The summed E-state index contributed by atoms with van der Waals surface area (Å²) in [7, 11) is 0. The fourth-order valence-electron chi connectivity index (χ4n) is 5.44. The summed E-state index contributed by atoms with van der Waals surface area (Å²) in [5.41, 5.74) is 8.26. The van der Waals surface area contributed by atoms with Crippen molar-refractivity contribution in [2.45, 2.75) is 0 Å². The zero-order valence-corrected chi connectivity index (χ0v) is 23.7. The molecule has 0 saturated carbocycles. The van der Waals surface area contributed by atoms with Gasteiger partial charge in [0.25, 0.3) is 0 Å². The number of fused-ring (bicyclic) bond motifs is 2. The van der Waals surface area contributed by atoms with Gasteiger partial charge in [-0.05, 0) is 42.5 Å². The largest absolute Gasteiger partial charge is 0.248 e. The molecule has 0 aliphatic carbocycles. The maximum absolute atomic E-state index is 5.02. The zero-order chi connectivity index (χ0) is 29.3. The number of aromatic nitrogens is 5. The molecule has 0 unspecified atom stereocenters. The molecule has 8 aromatic rings. The Hall–Kier alpha value is -6.07. The maximum Gasteiger partial charge on any atom is 0.164 e. The Bertz CT molecular complexity index is 2130. The van der Waals surface area contributed by atoms with Crippen LogP contribution in [0.1, 0.15) is 0 Å². The molecule has 0 spiro atoms. The van der Waals surface area contributed by atoms with Crippen LogP contribution in [0.25, 0.3) is 78.5 Å². The van der Waals surface area contributed by atoms with Crippen molar-refractivity contribution >= 4 is 21.8 Å². The van der Waals surface area contributed by atoms with Crippen molar-refractivity contribution in [3.63, 3.8) is 0 Å². The number of rotatable bonds is 5. The van der Waals surface area contributed by atoms with Crippen molar-refractivity contribution in [1.29, 1.82) is 0 Å². The van der Waals surface area contributed by atoms with Gasteiger partial charge in [-0.1, -0.05) is 109 Å². The lowest BCUT2D eigenvalue weighted by atomic mass is 9.99. The minimum absolute atomic E-state index is 0.586. The number of para-hydroxylation sites is 2. The van der Waals surface area contributed by atoms with Gasteiger partial charge in [-0.3, -0.25) is 0 Å². The molecule has 5 heteroatoms. The molecule has 5 nitrogen and oxygen atoms in total. The fourth-order valence-corrected chi connectivity index (χ4v) is 5.44. The number of hydrogen-bond acceptors (Lipinski definition) is 5. The molecular formula is C39H25N5. The first-order chi connectivity index (χ1) is 21.8. The van der Waals surface area contributed by atoms with Crippen LogP contribution in [0.4, 0.5) is 0 Å². The smallest absolute Gasteiger partial charge is 0.164 e. The Morgan fingerprint density at radius 1 is 0.273 bits per heavy atom. The predicted molar refractivity (Wildman–Crippen MR) is 178 cm³/mol. The Morgan fingerprint density at radius 3 is 1.14 bits per heavy atom. The molecule has 0 N–H and O–H groups in total. The van der Waals surface area contributed by atoms with Gasteiger partial charge >= 0.3 is 0 Å². The molecular weight excluding hydrogens is 538 g/mol. The Kier molecular flexibility index (Phi) is 6.39. The SMILES string of the molecule is c1ccc(-c2nc(-c3ccccc3)nc(-c3cc(-c4ccc5ccccc5n4)cc(-c4ccc5ccccc5n4)c3)n2)cc1. The topological polar surface area (TPSA) is 64.5 Å². The van der Waals surface area contributed by atoms with E-state index in [1.807, 2.05) is 97.1 Å². The van der Waals surface area contributed by atoms with E-state index in [9.17, 15) is 0 Å². The molecule has 8 rings (SSSR count). The minimum atomic E-state index is 0.586. The Labute approximate surface area is 254 Å². The van der Waals surface area contributed by atoms with Crippen LogP contribution in [0.3, 0.4) is 0 Å². The van der Waals surface area contributed by atoms with Crippen LogP contribution in [0, 0.1) is 0 Å². The third kappa shape index (κ3) is 4.97. The van der Waals surface area contributed by atoms with Crippen molar-refractivity contribution in [2.75, 3.05) is 0 Å². The first-order valence-electron chi connectivity index (χ1n) is 14.5. The van der Waals surface area contributed by atoms with Crippen LogP contribution in [-0.4, -0.2) is 24.9 Å². The van der Waals surface area contributed by atoms with Crippen molar-refractivity contribution in [3.8, 4) is 56.7 Å². The van der Waals surface area contributed by atoms with Crippen molar-refractivity contribution in [1.82, 2.24) is 24.9 Å². The van der Waals surface area contributed by atoms with Crippen LogP contribution in [-0.2, 0) is 0 Å². The minimum Gasteiger partial charge on any atom is -0.248 e. The first kappa shape index (κ1) is 25.6. The summed E-state index contributed by atoms with van der Waals surface area (Å²) in [6.45, 7) is 0. The molecule has 0 aliphatic rings. The highest BCUT2D eigenvalue weighted by Crippen LogP contribution is 2.33. The van der Waals surface area contributed by atoms with E-state index in [0.29, 0.717) is 17.5 Å². The normalized spacial score (nSPS) is 11.2. The molecule has 0 bridgehead atoms. The number of hydrogen-bond donors (Lipinski definition) is 0. The van der Waals surface area contributed by atoms with E-state index in [0.717, 1.165) is 61.0 Å². The quantitative estimate of drug-likeness (QED) is 0.209. The summed E-state index contributed by atoms with van der Waals surface area (Å²) in [5.74, 6) is 1.82. The molecule has 5 aromatic carbocycles. The molecule has 0 aliphatic heterocycles. The van der Waals surface area contributed by atoms with Crippen LogP contribution < -0.4 is 0 Å². The van der Waals surface area contributed by atoms with E-state index in [-0.39, 0.29) is 0 Å². The van der Waals surface area contributed by atoms with Gasteiger partial charge < -0.3 is 0 Å². The third-order valence-electron chi connectivity index (χ3n) is 7.68. The van der Waals surface area contributed by atoms with Gasteiger partial charge in [-0.25, -0.2) is 24.9 Å². The van der Waals surface area contributed by atoms with Gasteiger partial charge in [0, 0.05) is 38.6 Å². The Morgan fingerprint density at radius 2 is 0.659 bits per heavy atom. The van der Waals surface area contributed by atoms with Crippen LogP contribution in [0.15, 0.2) is 152 Å². The second-order valence-corrected chi connectivity index (χ2v) is 10.6. The Balaban J connectivity index is 1.36. The second-order valence-electron chi connectivity index (χ2n) is 10.6. The highest BCUT2D eigenvalue weighted by Gasteiger charge is 2.16. The molecule has 0 atom stereocenters. The van der Waals surface area contributed by atoms with E-state index in [2.05, 4.69) is 54.6 Å². The summed E-state index contributed by atoms with van der Waals surface area (Å²) in [6, 6.07) is 51.1. The van der Waals surface area contributed by atoms with Crippen molar-refractivity contribution in [3.05, 3.63) is 152 Å². The highest BCUT2D eigenvalue weighted by atomic mass is 15.0. The van der Waals surface area contributed by atoms with E-state index < -0.39 is 0 Å². The van der Waals surface area contributed by atoms with Gasteiger partial charge in [-0.15, -0.1) is 0 Å². The second kappa shape index (κ2) is 11.0. The van der Waals surface area contributed by atoms with Gasteiger partial charge in [0.2, 0.25) is 0 Å². The third-order valence-corrected chi connectivity index (χ3v) is 7.68. The average Bonchev–Trinajstić information content (AvgIpc) is 3.11. The van der Waals surface area contributed by atoms with Gasteiger partial charge in [0.05, 0.1) is 22.4 Å². The first-order valence-corrected chi connectivity index (χ1v) is 14.5. The van der Waals surface area contributed by atoms with Gasteiger partial charge in [0.15, 0.2) is 17.5 Å². The molecule has 0 radical (unpaired) electrons. The summed E-state index contributed by atoms with van der Waals surface area (Å²) < 4.78 is 0. The van der Waals surface area contributed by atoms with Crippen LogP contribution in [0.2, 0.25) is 0 Å². The summed E-state index contributed by atoms with van der Waals surface area (Å²) in [6.07, 6.45) is 0. The molecule has 0 amide bonds. The molecule has 0 fully saturated rings. The summed E-state index contributed by atoms with van der Waals surface area (Å²) in [5, 5.41) is 2.20. The number of pyridine rings is 2. The van der Waals surface area contributed by atoms with Crippen LogP contribution >= 0.6 is 0 Å². The zero-order valence-electron chi connectivity index (χ0n) is 23.7. The van der Waals surface area contributed by atoms with Gasteiger partial charge in [0.1, 0.15) is 0 Å². The summed E-state index contributed by atoms with van der Waals surface area (Å²) >= 11 is 0. The molecule has 3 heterocycles. The van der Waals surface area contributed by atoms with Crippen molar-refractivity contribution in [2.24, 2.45) is 0 Å². The van der Waals surface area contributed by atoms with E-state index >= 15 is 0 Å². The number of nitrogens with zero attached hydrogens (tertiary/aromatic N) is 5. The van der Waals surface area contributed by atoms with E-state index in [1.165, 1.54) is 0 Å². The van der Waals surface area contributed by atoms with Crippen molar-refractivity contribution < 1.29 is 0 Å². The number of benzene rings is 5. The monoisotopic (exact) mass is 563 g/mol. The average molecular weight is 564 g/mol.